The average molecular weight is 516 g/mol. The summed E-state index contributed by atoms with van der Waals surface area (Å²) in [6.45, 7) is 11.3. The molecule has 0 spiro atoms. The molecule has 0 bridgehead atoms. The lowest BCUT2D eigenvalue weighted by atomic mass is 10.1. The van der Waals surface area contributed by atoms with Crippen LogP contribution in [0.15, 0.2) is 121 Å². The standard InChI is InChI=1S/C30H30ClN3OS/c1-3-8-27(4-2)32-19-21-33(22-20-32)30(35)25-13-17-28(18-14-25)34(36-29-9-6-5-7-10-29)23-24-11-15-26(31)16-12-24/h3-18H,1-2,19-23H2/b27-8+. The van der Waals surface area contributed by atoms with Gasteiger partial charge in [0.25, 0.3) is 5.91 Å². The molecule has 4 nitrogen and oxygen atoms in total. The molecule has 3 aromatic rings. The minimum atomic E-state index is 0.0639. The number of rotatable bonds is 9. The number of piperazine rings is 1. The van der Waals surface area contributed by atoms with Crippen molar-refractivity contribution in [1.29, 1.82) is 0 Å². The van der Waals surface area contributed by atoms with Crippen LogP contribution in [0.25, 0.3) is 0 Å². The molecule has 184 valence electrons. The Balaban J connectivity index is 1.46. The summed E-state index contributed by atoms with van der Waals surface area (Å²) in [5.41, 5.74) is 3.93. The monoisotopic (exact) mass is 515 g/mol. The number of allylic oxidation sites excluding steroid dienone is 3. The van der Waals surface area contributed by atoms with Gasteiger partial charge in [-0.25, -0.2) is 0 Å². The highest BCUT2D eigenvalue weighted by Crippen LogP contribution is 2.31. The molecule has 1 heterocycles. The summed E-state index contributed by atoms with van der Waals surface area (Å²) < 4.78 is 2.23. The lowest BCUT2D eigenvalue weighted by Gasteiger charge is -2.36. The number of carbonyl (C=O) groups is 1. The third-order valence-corrected chi connectivity index (χ3v) is 7.33. The first kappa shape index (κ1) is 25.7. The van der Waals surface area contributed by atoms with Gasteiger partial charge in [-0.1, -0.05) is 61.2 Å². The van der Waals surface area contributed by atoms with E-state index in [0.29, 0.717) is 25.2 Å². The van der Waals surface area contributed by atoms with Crippen molar-refractivity contribution < 1.29 is 4.79 Å². The molecule has 0 saturated carbocycles. The second kappa shape index (κ2) is 12.5. The van der Waals surface area contributed by atoms with Crippen molar-refractivity contribution in [2.24, 2.45) is 0 Å². The van der Waals surface area contributed by atoms with E-state index in [9.17, 15) is 4.79 Å². The van der Waals surface area contributed by atoms with Gasteiger partial charge in [-0.3, -0.25) is 4.79 Å². The highest BCUT2D eigenvalue weighted by atomic mass is 35.5. The van der Waals surface area contributed by atoms with Gasteiger partial charge in [0, 0.05) is 53.0 Å². The Kier molecular flexibility index (Phi) is 8.93. The quantitative estimate of drug-likeness (QED) is 0.225. The summed E-state index contributed by atoms with van der Waals surface area (Å²) in [6, 6.07) is 26.1. The largest absolute Gasteiger partial charge is 0.368 e. The van der Waals surface area contributed by atoms with E-state index in [2.05, 4.69) is 34.5 Å². The number of anilines is 1. The zero-order valence-electron chi connectivity index (χ0n) is 20.2. The maximum absolute atomic E-state index is 13.2. The fourth-order valence-corrected chi connectivity index (χ4v) is 5.18. The minimum Gasteiger partial charge on any atom is -0.368 e. The highest BCUT2D eigenvalue weighted by Gasteiger charge is 2.23. The van der Waals surface area contributed by atoms with Crippen LogP contribution in [0, 0.1) is 0 Å². The predicted molar refractivity (Wildman–Crippen MR) is 152 cm³/mol. The molecule has 4 rings (SSSR count). The van der Waals surface area contributed by atoms with Crippen LogP contribution in [0.5, 0.6) is 0 Å². The molecule has 6 heteroatoms. The number of hydrogen-bond donors (Lipinski definition) is 0. The fraction of sp³-hybridized carbons (Fsp3) is 0.167. The van der Waals surface area contributed by atoms with E-state index < -0.39 is 0 Å². The smallest absolute Gasteiger partial charge is 0.253 e. The lowest BCUT2D eigenvalue weighted by Crippen LogP contribution is -2.48. The van der Waals surface area contributed by atoms with Crippen molar-refractivity contribution in [2.45, 2.75) is 11.4 Å². The van der Waals surface area contributed by atoms with Gasteiger partial charge in [0.1, 0.15) is 0 Å². The van der Waals surface area contributed by atoms with Crippen molar-refractivity contribution in [1.82, 2.24) is 9.80 Å². The molecule has 1 amide bonds. The first-order chi connectivity index (χ1) is 17.6. The molecule has 36 heavy (non-hydrogen) atoms. The number of amides is 1. The van der Waals surface area contributed by atoms with E-state index in [0.717, 1.165) is 40.0 Å². The molecule has 1 fully saturated rings. The average Bonchev–Trinajstić information content (AvgIpc) is 2.93. The van der Waals surface area contributed by atoms with E-state index in [1.807, 2.05) is 83.8 Å². The summed E-state index contributed by atoms with van der Waals surface area (Å²) in [6.07, 6.45) is 5.55. The van der Waals surface area contributed by atoms with Gasteiger partial charge in [-0.15, -0.1) is 0 Å². The topological polar surface area (TPSA) is 26.8 Å². The summed E-state index contributed by atoms with van der Waals surface area (Å²) in [5, 5.41) is 0.724. The number of nitrogens with zero attached hydrogens (tertiary/aromatic N) is 3. The maximum Gasteiger partial charge on any atom is 0.253 e. The summed E-state index contributed by atoms with van der Waals surface area (Å²) >= 11 is 7.75. The van der Waals surface area contributed by atoms with Gasteiger partial charge >= 0.3 is 0 Å². The van der Waals surface area contributed by atoms with Gasteiger partial charge in [0.15, 0.2) is 0 Å². The van der Waals surface area contributed by atoms with Crippen LogP contribution in [0.3, 0.4) is 0 Å². The first-order valence-electron chi connectivity index (χ1n) is 11.9. The number of hydrogen-bond acceptors (Lipinski definition) is 4. The first-order valence-corrected chi connectivity index (χ1v) is 13.1. The molecule has 0 N–H and O–H groups in total. The molecule has 0 radical (unpaired) electrons. The second-order valence-electron chi connectivity index (χ2n) is 8.42. The number of halogens is 1. The molecule has 1 aliphatic rings. The van der Waals surface area contributed by atoms with Crippen molar-refractivity contribution in [3.63, 3.8) is 0 Å². The second-order valence-corrected chi connectivity index (χ2v) is 9.96. The van der Waals surface area contributed by atoms with Crippen LogP contribution in [0.4, 0.5) is 5.69 Å². The molecule has 0 aromatic heterocycles. The van der Waals surface area contributed by atoms with Crippen molar-refractivity contribution in [3.05, 3.63) is 132 Å². The van der Waals surface area contributed by atoms with Gasteiger partial charge in [0.2, 0.25) is 0 Å². The van der Waals surface area contributed by atoms with Crippen LogP contribution in [0.2, 0.25) is 5.02 Å². The Morgan fingerprint density at radius 3 is 2.14 bits per heavy atom. The Bertz CT molecular complexity index is 1200. The maximum atomic E-state index is 13.2. The lowest BCUT2D eigenvalue weighted by molar-refractivity contribution is 0.0672. The van der Waals surface area contributed by atoms with Crippen LogP contribution in [-0.4, -0.2) is 41.9 Å². The molecule has 0 aliphatic carbocycles. The summed E-state index contributed by atoms with van der Waals surface area (Å²) in [7, 11) is 0. The predicted octanol–water partition coefficient (Wildman–Crippen LogP) is 7.07. The summed E-state index contributed by atoms with van der Waals surface area (Å²) in [5.74, 6) is 0.0639. The zero-order valence-corrected chi connectivity index (χ0v) is 21.8. The minimum absolute atomic E-state index is 0.0639. The molecule has 1 saturated heterocycles. The van der Waals surface area contributed by atoms with E-state index in [1.54, 1.807) is 18.0 Å². The number of benzene rings is 3. The van der Waals surface area contributed by atoms with Crippen LogP contribution >= 0.6 is 23.5 Å². The van der Waals surface area contributed by atoms with Crippen LogP contribution < -0.4 is 4.31 Å². The van der Waals surface area contributed by atoms with E-state index in [1.165, 1.54) is 0 Å². The van der Waals surface area contributed by atoms with Crippen molar-refractivity contribution >= 4 is 35.1 Å². The van der Waals surface area contributed by atoms with E-state index in [4.69, 9.17) is 11.6 Å². The zero-order chi connectivity index (χ0) is 25.3. The fourth-order valence-electron chi connectivity index (χ4n) is 4.08. The molecule has 3 aromatic carbocycles. The van der Waals surface area contributed by atoms with Gasteiger partial charge in [-0.05, 0) is 78.2 Å². The van der Waals surface area contributed by atoms with E-state index in [-0.39, 0.29) is 5.91 Å². The Morgan fingerprint density at radius 2 is 1.53 bits per heavy atom. The van der Waals surface area contributed by atoms with Gasteiger partial charge in [-0.2, -0.15) is 0 Å². The molecular weight excluding hydrogens is 486 g/mol. The van der Waals surface area contributed by atoms with Gasteiger partial charge in [0.05, 0.1) is 6.54 Å². The highest BCUT2D eigenvalue weighted by molar-refractivity contribution is 8.00. The summed E-state index contributed by atoms with van der Waals surface area (Å²) in [4.78, 5) is 18.5. The van der Waals surface area contributed by atoms with Gasteiger partial charge < -0.3 is 14.1 Å². The van der Waals surface area contributed by atoms with Crippen molar-refractivity contribution in [3.8, 4) is 0 Å². The van der Waals surface area contributed by atoms with Crippen molar-refractivity contribution in [2.75, 3.05) is 30.5 Å². The molecule has 1 aliphatic heterocycles. The SMILES string of the molecule is C=C/C=C(\C=C)N1CCN(C(=O)c2ccc(N(Cc3ccc(Cl)cc3)Sc3ccccc3)cc2)CC1. The van der Waals surface area contributed by atoms with E-state index >= 15 is 0 Å². The molecular formula is C30H30ClN3OS. The Morgan fingerprint density at radius 1 is 0.889 bits per heavy atom. The van der Waals surface area contributed by atoms with Crippen LogP contribution in [0.1, 0.15) is 15.9 Å². The Hall–Kier alpha value is -3.41. The Labute approximate surface area is 223 Å². The molecule has 0 atom stereocenters. The normalized spacial score (nSPS) is 13.9. The third kappa shape index (κ3) is 6.62. The van der Waals surface area contributed by atoms with Crippen LogP contribution in [-0.2, 0) is 6.54 Å². The number of carbonyl (C=O) groups excluding carboxylic acids is 1. The molecule has 0 unspecified atom stereocenters. The third-order valence-electron chi connectivity index (χ3n) is 6.03.